The zero-order valence-electron chi connectivity index (χ0n) is 23.3. The van der Waals surface area contributed by atoms with Gasteiger partial charge in [0.2, 0.25) is 22.6 Å². The second kappa shape index (κ2) is 11.5. The summed E-state index contributed by atoms with van der Waals surface area (Å²) in [6.07, 6.45) is -0.790. The van der Waals surface area contributed by atoms with Gasteiger partial charge >= 0.3 is 5.97 Å². The maximum atomic E-state index is 12.9. The number of aryl methyl sites for hydroxylation is 1. The van der Waals surface area contributed by atoms with Crippen LogP contribution in [-0.2, 0) is 25.9 Å². The van der Waals surface area contributed by atoms with Crippen LogP contribution in [0.25, 0.3) is 0 Å². The number of ether oxygens (including phenoxy) is 7. The topological polar surface area (TPSA) is 131 Å². The number of hydrogen-bond acceptors (Lipinski definition) is 10. The third kappa shape index (κ3) is 5.37. The number of fused-ring (bicyclic) bond motifs is 1. The average molecular weight is 586 g/mol. The molecule has 2 aliphatic heterocycles. The highest BCUT2D eigenvalue weighted by Crippen LogP contribution is 2.59. The van der Waals surface area contributed by atoms with Crippen LogP contribution in [-0.4, -0.2) is 56.2 Å². The quantitative estimate of drug-likeness (QED) is 0.261. The molecular formula is C29H31NO10S. The number of hydrogen-bond donors (Lipinski definition) is 1. The fourth-order valence-corrected chi connectivity index (χ4v) is 6.01. The van der Waals surface area contributed by atoms with Crippen LogP contribution >= 0.6 is 0 Å². The number of sulfonamides is 1. The molecule has 0 unspecified atom stereocenters. The zero-order chi connectivity index (χ0) is 29.3. The van der Waals surface area contributed by atoms with Crippen molar-refractivity contribution in [1.29, 1.82) is 0 Å². The van der Waals surface area contributed by atoms with Gasteiger partial charge in [-0.2, -0.15) is 0 Å². The van der Waals surface area contributed by atoms with E-state index in [1.54, 1.807) is 42.5 Å². The van der Waals surface area contributed by atoms with Crippen LogP contribution < -0.4 is 28.4 Å². The van der Waals surface area contributed by atoms with Gasteiger partial charge in [0.25, 0.3) is 0 Å². The Morgan fingerprint density at radius 2 is 1.68 bits per heavy atom. The first-order valence-corrected chi connectivity index (χ1v) is 14.3. The molecule has 1 saturated heterocycles. The van der Waals surface area contributed by atoms with Crippen molar-refractivity contribution in [3.63, 3.8) is 0 Å². The van der Waals surface area contributed by atoms with E-state index in [1.807, 2.05) is 6.92 Å². The van der Waals surface area contributed by atoms with Crippen LogP contribution in [0.4, 0.5) is 0 Å². The lowest BCUT2D eigenvalue weighted by Gasteiger charge is -2.17. The molecule has 1 fully saturated rings. The van der Waals surface area contributed by atoms with Gasteiger partial charge in [0, 0.05) is 17.7 Å². The monoisotopic (exact) mass is 585 g/mol. The minimum absolute atomic E-state index is 0.0196. The van der Waals surface area contributed by atoms with Crippen molar-refractivity contribution in [3.8, 4) is 28.7 Å². The number of benzene rings is 3. The largest absolute Gasteiger partial charge is 0.493 e. The van der Waals surface area contributed by atoms with Crippen molar-refractivity contribution in [2.45, 2.75) is 30.4 Å². The molecule has 0 radical (unpaired) electrons. The van der Waals surface area contributed by atoms with Gasteiger partial charge in [0.15, 0.2) is 23.0 Å². The van der Waals surface area contributed by atoms with Crippen LogP contribution in [0.1, 0.15) is 44.8 Å². The first kappa shape index (κ1) is 28.5. The third-order valence-electron chi connectivity index (χ3n) is 7.02. The molecule has 3 aromatic carbocycles. The summed E-state index contributed by atoms with van der Waals surface area (Å²) in [4.78, 5) is 13.0. The Labute approximate surface area is 238 Å². The zero-order valence-corrected chi connectivity index (χ0v) is 24.1. The lowest BCUT2D eigenvalue weighted by molar-refractivity contribution is 0.0594. The molecule has 5 rings (SSSR count). The molecule has 11 nitrogen and oxygen atoms in total. The number of nitrogens with one attached hydrogen (secondary N) is 1. The van der Waals surface area contributed by atoms with Crippen LogP contribution in [0, 0.1) is 6.92 Å². The number of methoxy groups -OCH3 is 4. The van der Waals surface area contributed by atoms with E-state index < -0.39 is 28.2 Å². The fourth-order valence-electron chi connectivity index (χ4n) is 4.98. The van der Waals surface area contributed by atoms with Gasteiger partial charge in [-0.1, -0.05) is 23.8 Å². The van der Waals surface area contributed by atoms with E-state index in [2.05, 4.69) is 4.72 Å². The summed E-state index contributed by atoms with van der Waals surface area (Å²) in [5.74, 6) is 1.34. The molecule has 2 heterocycles. The van der Waals surface area contributed by atoms with Crippen LogP contribution in [0.15, 0.2) is 47.4 Å². The predicted octanol–water partition coefficient (Wildman–Crippen LogP) is 3.87. The van der Waals surface area contributed by atoms with Crippen molar-refractivity contribution in [3.05, 3.63) is 70.3 Å². The SMILES string of the molecule is COC(=O)c1c([C@H]2O[C@@H]2c2c(CCNS(=O)(=O)c3ccc(C)cc3)cc3c(c2OC)OCO3)ccc(OC)c1OC. The third-order valence-corrected chi connectivity index (χ3v) is 8.49. The standard InChI is InChI=1S/C29H31NO10S/c1-16-6-8-18(9-7-16)41(32,33)30-13-12-17-14-21-26(39-15-38-21)27(36-4)22(17)28-24(40-28)19-10-11-20(34-2)25(35-3)23(19)29(31)37-5/h6-11,14,24,28,30H,12-13,15H2,1-5H3/t24-,28-/m1/s1. The number of esters is 1. The van der Waals surface area contributed by atoms with Gasteiger partial charge in [-0.15, -0.1) is 0 Å². The van der Waals surface area contributed by atoms with Crippen LogP contribution in [0.3, 0.4) is 0 Å². The molecule has 2 atom stereocenters. The molecule has 0 amide bonds. The molecule has 0 aliphatic carbocycles. The highest BCUT2D eigenvalue weighted by molar-refractivity contribution is 7.89. The molecule has 0 spiro atoms. The summed E-state index contributed by atoms with van der Waals surface area (Å²) in [5.41, 5.74) is 3.11. The summed E-state index contributed by atoms with van der Waals surface area (Å²) in [7, 11) is 1.99. The highest BCUT2D eigenvalue weighted by Gasteiger charge is 2.48. The first-order chi connectivity index (χ1) is 19.7. The summed E-state index contributed by atoms with van der Waals surface area (Å²) in [6, 6.07) is 11.8. The minimum Gasteiger partial charge on any atom is -0.493 e. The minimum atomic E-state index is -3.72. The lowest BCUT2D eigenvalue weighted by Crippen LogP contribution is -2.26. The van der Waals surface area contributed by atoms with E-state index in [0.717, 1.165) is 11.1 Å². The molecule has 1 N–H and O–H groups in total. The Morgan fingerprint density at radius 1 is 0.951 bits per heavy atom. The number of epoxide rings is 1. The predicted molar refractivity (Wildman–Crippen MR) is 147 cm³/mol. The van der Waals surface area contributed by atoms with Crippen LogP contribution in [0.2, 0.25) is 0 Å². The second-order valence-electron chi connectivity index (χ2n) is 9.41. The smallest absolute Gasteiger partial charge is 0.342 e. The van der Waals surface area contributed by atoms with Crippen molar-refractivity contribution < 1.29 is 46.4 Å². The summed E-state index contributed by atoms with van der Waals surface area (Å²) in [5, 5.41) is 0. The average Bonchev–Trinajstić information content (AvgIpc) is 3.62. The summed E-state index contributed by atoms with van der Waals surface area (Å²) in [6.45, 7) is 2.01. The number of rotatable bonds is 11. The first-order valence-electron chi connectivity index (χ1n) is 12.8. The van der Waals surface area contributed by atoms with E-state index in [4.69, 9.17) is 33.2 Å². The molecule has 2 aliphatic rings. The summed E-state index contributed by atoms with van der Waals surface area (Å²) < 4.78 is 67.6. The van der Waals surface area contributed by atoms with E-state index in [0.29, 0.717) is 40.5 Å². The van der Waals surface area contributed by atoms with Gasteiger partial charge in [-0.05, 0) is 43.2 Å². The maximum absolute atomic E-state index is 12.9. The highest BCUT2D eigenvalue weighted by atomic mass is 32.2. The maximum Gasteiger partial charge on any atom is 0.342 e. The van der Waals surface area contributed by atoms with Crippen molar-refractivity contribution >= 4 is 16.0 Å². The van der Waals surface area contributed by atoms with E-state index >= 15 is 0 Å². The van der Waals surface area contributed by atoms with Gasteiger partial charge in [-0.25, -0.2) is 17.9 Å². The van der Waals surface area contributed by atoms with E-state index in [9.17, 15) is 13.2 Å². The Balaban J connectivity index is 1.48. The molecule has 41 heavy (non-hydrogen) atoms. The van der Waals surface area contributed by atoms with Gasteiger partial charge < -0.3 is 33.2 Å². The molecule has 0 bridgehead atoms. The molecule has 12 heteroatoms. The Hall–Kier alpha value is -4.00. The van der Waals surface area contributed by atoms with E-state index in [1.165, 1.54) is 28.4 Å². The van der Waals surface area contributed by atoms with Crippen molar-refractivity contribution in [2.75, 3.05) is 41.8 Å². The van der Waals surface area contributed by atoms with Crippen molar-refractivity contribution in [1.82, 2.24) is 4.72 Å². The van der Waals surface area contributed by atoms with Gasteiger partial charge in [-0.3, -0.25) is 0 Å². The number of carbonyl (C=O) groups excluding carboxylic acids is 1. The van der Waals surface area contributed by atoms with Gasteiger partial charge in [0.1, 0.15) is 17.8 Å². The number of carbonyl (C=O) groups is 1. The van der Waals surface area contributed by atoms with Gasteiger partial charge in [0.05, 0.1) is 33.3 Å². The molecule has 0 saturated carbocycles. The lowest BCUT2D eigenvalue weighted by atomic mass is 9.93. The fraction of sp³-hybridized carbons (Fsp3) is 0.345. The van der Waals surface area contributed by atoms with Crippen molar-refractivity contribution in [2.24, 2.45) is 0 Å². The van der Waals surface area contributed by atoms with Crippen LogP contribution in [0.5, 0.6) is 28.7 Å². The molecule has 0 aromatic heterocycles. The normalized spacial score (nSPS) is 17.2. The molecule has 3 aromatic rings. The second-order valence-corrected chi connectivity index (χ2v) is 11.2. The Kier molecular flexibility index (Phi) is 7.98. The molecular weight excluding hydrogens is 554 g/mol. The summed E-state index contributed by atoms with van der Waals surface area (Å²) >= 11 is 0. The molecule has 218 valence electrons. The Morgan fingerprint density at radius 3 is 2.34 bits per heavy atom. The Bertz CT molecular complexity index is 1570. The van der Waals surface area contributed by atoms with E-state index in [-0.39, 0.29) is 29.5 Å².